The normalized spacial score (nSPS) is 17.7. The first kappa shape index (κ1) is 16.9. The number of amides is 1. The molecule has 4 rings (SSSR count). The molecule has 3 heterocycles. The van der Waals surface area contributed by atoms with E-state index in [-0.39, 0.29) is 11.9 Å². The van der Waals surface area contributed by atoms with E-state index >= 15 is 0 Å². The molecule has 0 radical (unpaired) electrons. The van der Waals surface area contributed by atoms with Crippen molar-refractivity contribution in [3.8, 4) is 0 Å². The molecule has 2 aliphatic heterocycles. The van der Waals surface area contributed by atoms with Crippen LogP contribution in [0.3, 0.4) is 0 Å². The fourth-order valence-electron chi connectivity index (χ4n) is 3.47. The zero-order chi connectivity index (χ0) is 17.9. The summed E-state index contributed by atoms with van der Waals surface area (Å²) >= 11 is 0. The molecule has 0 saturated carbocycles. The highest BCUT2D eigenvalue weighted by Gasteiger charge is 2.22. The van der Waals surface area contributed by atoms with E-state index in [0.717, 1.165) is 38.0 Å². The summed E-state index contributed by atoms with van der Waals surface area (Å²) in [4.78, 5) is 22.9. The number of nitrogens with zero attached hydrogens (tertiary/aromatic N) is 3. The number of likely N-dealkylation sites (tertiary alicyclic amines) is 1. The number of carbonyl (C=O) groups excluding carboxylic acids is 1. The van der Waals surface area contributed by atoms with Crippen LogP contribution in [0.4, 0.5) is 11.5 Å². The Labute approximate surface area is 153 Å². The second kappa shape index (κ2) is 7.39. The van der Waals surface area contributed by atoms with E-state index in [2.05, 4.69) is 38.8 Å². The molecule has 136 valence electrons. The highest BCUT2D eigenvalue weighted by atomic mass is 16.2. The lowest BCUT2D eigenvalue weighted by molar-refractivity contribution is 0.0708. The molecule has 1 aromatic carbocycles. The van der Waals surface area contributed by atoms with Crippen molar-refractivity contribution in [3.05, 3.63) is 47.4 Å². The predicted molar refractivity (Wildman–Crippen MR) is 100 cm³/mol. The molecule has 4 N–H and O–H groups in total. The summed E-state index contributed by atoms with van der Waals surface area (Å²) in [6, 6.07) is 6.55. The highest BCUT2D eigenvalue weighted by molar-refractivity contribution is 5.92. The van der Waals surface area contributed by atoms with Gasteiger partial charge in [0.25, 0.3) is 5.91 Å². The summed E-state index contributed by atoms with van der Waals surface area (Å²) in [7, 11) is 0. The van der Waals surface area contributed by atoms with Gasteiger partial charge < -0.3 is 21.3 Å². The van der Waals surface area contributed by atoms with Gasteiger partial charge in [-0.2, -0.15) is 0 Å². The number of nitrogens with one attached hydrogen (secondary N) is 2. The molecule has 7 heteroatoms. The summed E-state index contributed by atoms with van der Waals surface area (Å²) in [6.07, 6.45) is 5.89. The second-order valence-electron chi connectivity index (χ2n) is 6.95. The van der Waals surface area contributed by atoms with Crippen molar-refractivity contribution in [3.63, 3.8) is 0 Å². The van der Waals surface area contributed by atoms with Crippen molar-refractivity contribution in [2.75, 3.05) is 25.0 Å². The number of hydrogen-bond donors (Lipinski definition) is 3. The average molecular weight is 352 g/mol. The summed E-state index contributed by atoms with van der Waals surface area (Å²) in [5.74, 6) is 0.557. The SMILES string of the molecule is NC1CCN(C(=O)c2cnc(Nc3ccc4c(c3)CNCC4)cn2)CC1. The molecule has 0 atom stereocenters. The monoisotopic (exact) mass is 352 g/mol. The molecule has 7 nitrogen and oxygen atoms in total. The van der Waals surface area contributed by atoms with Crippen LogP contribution in [-0.4, -0.2) is 46.5 Å². The molecule has 1 fully saturated rings. The molecule has 0 aliphatic carbocycles. The molecule has 1 amide bonds. The highest BCUT2D eigenvalue weighted by Crippen LogP contribution is 2.21. The average Bonchev–Trinajstić information content (AvgIpc) is 2.68. The molecular weight excluding hydrogens is 328 g/mol. The number of aromatic nitrogens is 2. The van der Waals surface area contributed by atoms with Gasteiger partial charge in [-0.25, -0.2) is 9.97 Å². The van der Waals surface area contributed by atoms with Crippen LogP contribution < -0.4 is 16.4 Å². The second-order valence-corrected chi connectivity index (χ2v) is 6.95. The molecule has 2 aliphatic rings. The Morgan fingerprint density at radius 2 is 2.04 bits per heavy atom. The maximum Gasteiger partial charge on any atom is 0.274 e. The Balaban J connectivity index is 1.42. The van der Waals surface area contributed by atoms with Crippen LogP contribution in [0.25, 0.3) is 0 Å². The van der Waals surface area contributed by atoms with Crippen LogP contribution in [-0.2, 0) is 13.0 Å². The number of rotatable bonds is 3. The molecule has 1 aromatic heterocycles. The quantitative estimate of drug-likeness (QED) is 0.773. The predicted octanol–water partition coefficient (Wildman–Crippen LogP) is 1.43. The van der Waals surface area contributed by atoms with Crippen LogP contribution in [0.5, 0.6) is 0 Å². The molecule has 2 aromatic rings. The third-order valence-electron chi connectivity index (χ3n) is 5.06. The first-order chi connectivity index (χ1) is 12.7. The van der Waals surface area contributed by atoms with Crippen molar-refractivity contribution < 1.29 is 4.79 Å². The Kier molecular flexibility index (Phi) is 4.81. The Bertz CT molecular complexity index is 783. The fraction of sp³-hybridized carbons (Fsp3) is 0.421. The van der Waals surface area contributed by atoms with Gasteiger partial charge in [0.15, 0.2) is 0 Å². The number of nitrogens with two attached hydrogens (primary N) is 1. The minimum Gasteiger partial charge on any atom is -0.339 e. The zero-order valence-corrected chi connectivity index (χ0v) is 14.7. The minimum absolute atomic E-state index is 0.0733. The van der Waals surface area contributed by atoms with Crippen LogP contribution in [0.2, 0.25) is 0 Å². The van der Waals surface area contributed by atoms with E-state index in [1.807, 2.05) is 0 Å². The summed E-state index contributed by atoms with van der Waals surface area (Å²) in [5.41, 5.74) is 9.95. The van der Waals surface area contributed by atoms with E-state index < -0.39 is 0 Å². The number of fused-ring (bicyclic) bond motifs is 1. The zero-order valence-electron chi connectivity index (χ0n) is 14.7. The van der Waals surface area contributed by atoms with Crippen molar-refractivity contribution in [1.29, 1.82) is 0 Å². The largest absolute Gasteiger partial charge is 0.339 e. The topological polar surface area (TPSA) is 96.2 Å². The minimum atomic E-state index is -0.0733. The number of benzene rings is 1. The van der Waals surface area contributed by atoms with Gasteiger partial charge in [-0.15, -0.1) is 0 Å². The number of anilines is 2. The fourth-order valence-corrected chi connectivity index (χ4v) is 3.47. The maximum atomic E-state index is 12.5. The maximum absolute atomic E-state index is 12.5. The van der Waals surface area contributed by atoms with Gasteiger partial charge in [-0.05, 0) is 49.1 Å². The van der Waals surface area contributed by atoms with Crippen molar-refractivity contribution in [2.24, 2.45) is 5.73 Å². The van der Waals surface area contributed by atoms with E-state index in [1.165, 1.54) is 11.1 Å². The van der Waals surface area contributed by atoms with E-state index in [1.54, 1.807) is 17.3 Å². The lowest BCUT2D eigenvalue weighted by Crippen LogP contribution is -2.43. The van der Waals surface area contributed by atoms with Gasteiger partial charge in [0.1, 0.15) is 11.5 Å². The molecule has 0 bridgehead atoms. The molecule has 1 saturated heterocycles. The molecule has 0 spiro atoms. The van der Waals surface area contributed by atoms with Crippen molar-refractivity contribution >= 4 is 17.4 Å². The lowest BCUT2D eigenvalue weighted by Gasteiger charge is -2.29. The first-order valence-electron chi connectivity index (χ1n) is 9.15. The van der Waals surface area contributed by atoms with Gasteiger partial charge in [0, 0.05) is 31.4 Å². The summed E-state index contributed by atoms with van der Waals surface area (Å²) in [5, 5.41) is 6.64. The number of piperidine rings is 1. The van der Waals surface area contributed by atoms with E-state index in [4.69, 9.17) is 5.73 Å². The van der Waals surface area contributed by atoms with Gasteiger partial charge in [0.2, 0.25) is 0 Å². The smallest absolute Gasteiger partial charge is 0.274 e. The number of carbonyl (C=O) groups is 1. The third-order valence-corrected chi connectivity index (χ3v) is 5.06. The van der Waals surface area contributed by atoms with E-state index in [0.29, 0.717) is 24.6 Å². The lowest BCUT2D eigenvalue weighted by atomic mass is 10.0. The summed E-state index contributed by atoms with van der Waals surface area (Å²) in [6.45, 7) is 3.29. The van der Waals surface area contributed by atoms with Gasteiger partial charge >= 0.3 is 0 Å². The van der Waals surface area contributed by atoms with Crippen molar-refractivity contribution in [1.82, 2.24) is 20.2 Å². The number of hydrogen-bond acceptors (Lipinski definition) is 6. The molecule has 26 heavy (non-hydrogen) atoms. The van der Waals surface area contributed by atoms with E-state index in [9.17, 15) is 4.79 Å². The first-order valence-corrected chi connectivity index (χ1v) is 9.15. The van der Waals surface area contributed by atoms with Gasteiger partial charge in [-0.3, -0.25) is 4.79 Å². The Morgan fingerprint density at radius 3 is 2.81 bits per heavy atom. The van der Waals surface area contributed by atoms with Crippen LogP contribution in [0.15, 0.2) is 30.6 Å². The molecule has 0 unspecified atom stereocenters. The van der Waals surface area contributed by atoms with Gasteiger partial charge in [-0.1, -0.05) is 6.07 Å². The Morgan fingerprint density at radius 1 is 1.19 bits per heavy atom. The van der Waals surface area contributed by atoms with Crippen LogP contribution in [0, 0.1) is 0 Å². The summed E-state index contributed by atoms with van der Waals surface area (Å²) < 4.78 is 0. The van der Waals surface area contributed by atoms with Crippen LogP contribution >= 0.6 is 0 Å². The standard InChI is InChI=1S/C19H24N6O/c20-15-4-7-25(8-5-15)19(26)17-11-23-18(12-22-17)24-16-2-1-13-3-6-21-10-14(13)9-16/h1-2,9,11-12,15,21H,3-8,10,20H2,(H,23,24). The molecular formula is C19H24N6O. The van der Waals surface area contributed by atoms with Crippen molar-refractivity contribution in [2.45, 2.75) is 31.8 Å². The third kappa shape index (κ3) is 3.68. The Hall–Kier alpha value is -2.51. The van der Waals surface area contributed by atoms with Crippen LogP contribution in [0.1, 0.15) is 34.5 Å². The van der Waals surface area contributed by atoms with Gasteiger partial charge in [0.05, 0.1) is 12.4 Å².